The van der Waals surface area contributed by atoms with E-state index >= 15 is 0 Å². The SMILES string of the molecule is O=C(c1cccc(CCl)c1)N(CC1CCOC1)C1CC1. The van der Waals surface area contributed by atoms with Crippen molar-refractivity contribution in [1.82, 2.24) is 4.90 Å². The molecular formula is C16H20ClNO2. The van der Waals surface area contributed by atoms with Crippen molar-refractivity contribution < 1.29 is 9.53 Å². The Morgan fingerprint density at radius 3 is 2.85 bits per heavy atom. The molecule has 0 aromatic heterocycles. The van der Waals surface area contributed by atoms with Crippen LogP contribution in [0.2, 0.25) is 0 Å². The smallest absolute Gasteiger partial charge is 0.254 e. The van der Waals surface area contributed by atoms with Gasteiger partial charge in [0.05, 0.1) is 6.61 Å². The summed E-state index contributed by atoms with van der Waals surface area (Å²) in [7, 11) is 0. The summed E-state index contributed by atoms with van der Waals surface area (Å²) in [5, 5.41) is 0. The van der Waals surface area contributed by atoms with E-state index in [-0.39, 0.29) is 5.91 Å². The van der Waals surface area contributed by atoms with Crippen LogP contribution in [0.1, 0.15) is 35.2 Å². The maximum absolute atomic E-state index is 12.7. The molecule has 20 heavy (non-hydrogen) atoms. The number of carbonyl (C=O) groups is 1. The second kappa shape index (κ2) is 6.15. The second-order valence-electron chi connectivity index (χ2n) is 5.75. The van der Waals surface area contributed by atoms with Crippen LogP contribution < -0.4 is 0 Å². The summed E-state index contributed by atoms with van der Waals surface area (Å²) >= 11 is 5.85. The van der Waals surface area contributed by atoms with Crippen LogP contribution in [0.5, 0.6) is 0 Å². The van der Waals surface area contributed by atoms with Crippen LogP contribution in [-0.4, -0.2) is 36.6 Å². The van der Waals surface area contributed by atoms with E-state index in [2.05, 4.69) is 0 Å². The lowest BCUT2D eigenvalue weighted by atomic mass is 10.1. The first-order chi connectivity index (χ1) is 9.78. The first-order valence-electron chi connectivity index (χ1n) is 7.31. The van der Waals surface area contributed by atoms with Crippen molar-refractivity contribution in [3.8, 4) is 0 Å². The Kier molecular flexibility index (Phi) is 4.27. The predicted octanol–water partition coefficient (Wildman–Crippen LogP) is 3.07. The summed E-state index contributed by atoms with van der Waals surface area (Å²) in [6.45, 7) is 2.45. The van der Waals surface area contributed by atoms with Crippen molar-refractivity contribution in [3.63, 3.8) is 0 Å². The van der Waals surface area contributed by atoms with Gasteiger partial charge in [0.25, 0.3) is 5.91 Å². The Morgan fingerprint density at radius 2 is 2.20 bits per heavy atom. The summed E-state index contributed by atoms with van der Waals surface area (Å²) < 4.78 is 5.42. The fourth-order valence-corrected chi connectivity index (χ4v) is 2.91. The molecule has 3 nitrogen and oxygen atoms in total. The molecule has 108 valence electrons. The molecular weight excluding hydrogens is 274 g/mol. The highest BCUT2D eigenvalue weighted by atomic mass is 35.5. The van der Waals surface area contributed by atoms with Crippen molar-refractivity contribution in [3.05, 3.63) is 35.4 Å². The summed E-state index contributed by atoms with van der Waals surface area (Å²) in [5.74, 6) is 1.09. The molecule has 1 amide bonds. The predicted molar refractivity (Wildman–Crippen MR) is 79.0 cm³/mol. The Hall–Kier alpha value is -1.06. The molecule has 1 aromatic carbocycles. The highest BCUT2D eigenvalue weighted by Gasteiger charge is 2.35. The fraction of sp³-hybridized carbons (Fsp3) is 0.562. The monoisotopic (exact) mass is 293 g/mol. The van der Waals surface area contributed by atoms with Crippen LogP contribution in [-0.2, 0) is 10.6 Å². The van der Waals surface area contributed by atoms with Crippen LogP contribution >= 0.6 is 11.6 Å². The van der Waals surface area contributed by atoms with Gasteiger partial charge in [0.15, 0.2) is 0 Å². The molecule has 1 aliphatic carbocycles. The second-order valence-corrected chi connectivity index (χ2v) is 6.02. The van der Waals surface area contributed by atoms with Crippen molar-refractivity contribution in [1.29, 1.82) is 0 Å². The number of amides is 1. The largest absolute Gasteiger partial charge is 0.381 e. The van der Waals surface area contributed by atoms with Gasteiger partial charge >= 0.3 is 0 Å². The third kappa shape index (κ3) is 3.15. The summed E-state index contributed by atoms with van der Waals surface area (Å²) in [5.41, 5.74) is 1.76. The van der Waals surface area contributed by atoms with Gasteiger partial charge in [-0.15, -0.1) is 11.6 Å². The van der Waals surface area contributed by atoms with Crippen molar-refractivity contribution in [2.24, 2.45) is 5.92 Å². The molecule has 1 atom stereocenters. The molecule has 1 saturated heterocycles. The third-order valence-electron chi connectivity index (χ3n) is 4.06. The topological polar surface area (TPSA) is 29.5 Å². The van der Waals surface area contributed by atoms with E-state index in [0.29, 0.717) is 17.8 Å². The van der Waals surface area contributed by atoms with Crippen molar-refractivity contribution >= 4 is 17.5 Å². The summed E-state index contributed by atoms with van der Waals surface area (Å²) in [4.78, 5) is 14.8. The standard InChI is InChI=1S/C16H20ClNO2/c17-9-12-2-1-3-14(8-12)16(19)18(15-4-5-15)10-13-6-7-20-11-13/h1-3,8,13,15H,4-7,9-11H2. The van der Waals surface area contributed by atoms with Gasteiger partial charge in [-0.3, -0.25) is 4.79 Å². The number of hydrogen-bond acceptors (Lipinski definition) is 2. The maximum Gasteiger partial charge on any atom is 0.254 e. The quantitative estimate of drug-likeness (QED) is 0.781. The molecule has 2 aliphatic rings. The lowest BCUT2D eigenvalue weighted by Crippen LogP contribution is -2.37. The Labute approximate surface area is 124 Å². The number of alkyl halides is 1. The molecule has 1 unspecified atom stereocenters. The van der Waals surface area contributed by atoms with Gasteiger partial charge in [0.1, 0.15) is 0 Å². The van der Waals surface area contributed by atoms with E-state index in [0.717, 1.165) is 50.1 Å². The Bertz CT molecular complexity index is 481. The number of hydrogen-bond donors (Lipinski definition) is 0. The van der Waals surface area contributed by atoms with Crippen molar-refractivity contribution in [2.45, 2.75) is 31.2 Å². The van der Waals surface area contributed by atoms with Gasteiger partial charge in [-0.25, -0.2) is 0 Å². The van der Waals surface area contributed by atoms with Gasteiger partial charge in [0, 0.05) is 36.6 Å². The van der Waals surface area contributed by atoms with Crippen LogP contribution in [0, 0.1) is 5.92 Å². The van der Waals surface area contributed by atoms with Crippen molar-refractivity contribution in [2.75, 3.05) is 19.8 Å². The van der Waals surface area contributed by atoms with Gasteiger partial charge in [-0.05, 0) is 37.0 Å². The molecule has 0 bridgehead atoms. The summed E-state index contributed by atoms with van der Waals surface area (Å²) in [6.07, 6.45) is 3.33. The molecule has 1 saturated carbocycles. The van der Waals surface area contributed by atoms with Gasteiger partial charge in [-0.2, -0.15) is 0 Å². The number of benzene rings is 1. The van der Waals surface area contributed by atoms with Gasteiger partial charge in [-0.1, -0.05) is 12.1 Å². The van der Waals surface area contributed by atoms with E-state index in [9.17, 15) is 4.79 Å². The zero-order chi connectivity index (χ0) is 13.9. The molecule has 1 aromatic rings. The lowest BCUT2D eigenvalue weighted by molar-refractivity contribution is 0.0706. The minimum atomic E-state index is 0.145. The average Bonchev–Trinajstić information content (AvgIpc) is 3.20. The minimum absolute atomic E-state index is 0.145. The molecule has 1 aliphatic heterocycles. The molecule has 0 radical (unpaired) electrons. The molecule has 0 spiro atoms. The highest BCUT2D eigenvalue weighted by Crippen LogP contribution is 2.30. The van der Waals surface area contributed by atoms with E-state index in [4.69, 9.17) is 16.3 Å². The maximum atomic E-state index is 12.7. The van der Waals surface area contributed by atoms with Gasteiger partial charge in [0.2, 0.25) is 0 Å². The van der Waals surface area contributed by atoms with E-state index in [1.807, 2.05) is 29.2 Å². The lowest BCUT2D eigenvalue weighted by Gasteiger charge is -2.25. The number of rotatable bonds is 5. The van der Waals surface area contributed by atoms with Crippen LogP contribution in [0.3, 0.4) is 0 Å². The Balaban J connectivity index is 1.74. The minimum Gasteiger partial charge on any atom is -0.381 e. The molecule has 0 N–H and O–H groups in total. The molecule has 4 heteroatoms. The van der Waals surface area contributed by atoms with Crippen LogP contribution in [0.25, 0.3) is 0 Å². The average molecular weight is 294 g/mol. The number of ether oxygens (including phenoxy) is 1. The zero-order valence-electron chi connectivity index (χ0n) is 11.6. The normalized spacial score (nSPS) is 21.9. The van der Waals surface area contributed by atoms with Gasteiger partial charge < -0.3 is 9.64 Å². The highest BCUT2D eigenvalue weighted by molar-refractivity contribution is 6.17. The van der Waals surface area contributed by atoms with E-state index < -0.39 is 0 Å². The first-order valence-corrected chi connectivity index (χ1v) is 7.85. The number of nitrogens with zero attached hydrogens (tertiary/aromatic N) is 1. The molecule has 2 fully saturated rings. The molecule has 1 heterocycles. The third-order valence-corrected chi connectivity index (χ3v) is 4.36. The van der Waals surface area contributed by atoms with Crippen LogP contribution in [0.15, 0.2) is 24.3 Å². The molecule has 3 rings (SSSR count). The van der Waals surface area contributed by atoms with Crippen LogP contribution in [0.4, 0.5) is 0 Å². The number of halogens is 1. The zero-order valence-corrected chi connectivity index (χ0v) is 12.3. The summed E-state index contributed by atoms with van der Waals surface area (Å²) in [6, 6.07) is 8.10. The van der Waals surface area contributed by atoms with E-state index in [1.54, 1.807) is 0 Å². The number of carbonyl (C=O) groups excluding carboxylic acids is 1. The fourth-order valence-electron chi connectivity index (χ4n) is 2.74. The van der Waals surface area contributed by atoms with E-state index in [1.165, 1.54) is 0 Å². The first kappa shape index (κ1) is 13.9. The Morgan fingerprint density at radius 1 is 1.35 bits per heavy atom.